The SMILES string of the molecule is N=P(SP(=N)(c1ccccc1)c1ccccc1)(c1ccccc1)c1ccccc1. The molecular formula is C24H22N2P2S. The van der Waals surface area contributed by atoms with E-state index in [1.54, 1.807) is 11.0 Å². The van der Waals surface area contributed by atoms with Crippen molar-refractivity contribution in [2.45, 2.75) is 0 Å². The molecule has 4 rings (SSSR count). The molecule has 0 aromatic heterocycles. The van der Waals surface area contributed by atoms with Crippen LogP contribution in [-0.4, -0.2) is 0 Å². The highest BCUT2D eigenvalue weighted by molar-refractivity contribution is 8.93. The monoisotopic (exact) mass is 432 g/mol. The second kappa shape index (κ2) is 8.59. The fraction of sp³-hybridized carbons (Fsp3) is 0. The summed E-state index contributed by atoms with van der Waals surface area (Å²) in [5.41, 5.74) is 0. The first-order valence-electron chi connectivity index (χ1n) is 9.35. The first kappa shape index (κ1) is 20.0. The van der Waals surface area contributed by atoms with E-state index in [4.69, 9.17) is 0 Å². The number of hydrogen-bond donors (Lipinski definition) is 2. The third-order valence-electron chi connectivity index (χ3n) is 4.72. The van der Waals surface area contributed by atoms with Gasteiger partial charge in [-0.15, -0.1) is 0 Å². The lowest BCUT2D eigenvalue weighted by Crippen LogP contribution is -2.17. The van der Waals surface area contributed by atoms with E-state index in [1.165, 1.54) is 0 Å². The van der Waals surface area contributed by atoms with Crippen LogP contribution >= 0.6 is 23.5 Å². The van der Waals surface area contributed by atoms with Crippen molar-refractivity contribution in [3.63, 3.8) is 0 Å². The summed E-state index contributed by atoms with van der Waals surface area (Å²) in [6, 6.07) is 40.3. The molecule has 0 aliphatic carbocycles. The van der Waals surface area contributed by atoms with E-state index in [0.29, 0.717) is 0 Å². The van der Waals surface area contributed by atoms with Gasteiger partial charge in [-0.3, -0.25) is 10.3 Å². The molecule has 0 bridgehead atoms. The van der Waals surface area contributed by atoms with Crippen molar-refractivity contribution in [1.29, 1.82) is 10.3 Å². The molecule has 0 heterocycles. The molecular weight excluding hydrogens is 410 g/mol. The van der Waals surface area contributed by atoms with Crippen LogP contribution in [0.4, 0.5) is 0 Å². The Balaban J connectivity index is 1.93. The average molecular weight is 432 g/mol. The van der Waals surface area contributed by atoms with Crippen molar-refractivity contribution in [1.82, 2.24) is 0 Å². The second-order valence-electron chi connectivity index (χ2n) is 6.64. The van der Waals surface area contributed by atoms with Crippen LogP contribution in [0.1, 0.15) is 0 Å². The molecule has 0 saturated carbocycles. The first-order chi connectivity index (χ1) is 14.1. The van der Waals surface area contributed by atoms with E-state index < -0.39 is 12.5 Å². The molecule has 144 valence electrons. The number of rotatable bonds is 6. The van der Waals surface area contributed by atoms with Gasteiger partial charge in [0.25, 0.3) is 0 Å². The third-order valence-corrected chi connectivity index (χ3v) is 17.7. The zero-order valence-corrected chi connectivity index (χ0v) is 18.5. The molecule has 0 aliphatic rings. The molecule has 0 fully saturated rings. The Bertz CT molecular complexity index is 983. The van der Waals surface area contributed by atoms with Crippen molar-refractivity contribution in [3.8, 4) is 0 Å². The van der Waals surface area contributed by atoms with Crippen LogP contribution in [0.2, 0.25) is 0 Å². The minimum atomic E-state index is -2.60. The highest BCUT2D eigenvalue weighted by atomic mass is 33.1. The molecule has 0 atom stereocenters. The molecule has 0 aliphatic heterocycles. The summed E-state index contributed by atoms with van der Waals surface area (Å²) in [5.74, 6) is 0. The van der Waals surface area contributed by atoms with Crippen LogP contribution in [0, 0.1) is 10.3 Å². The molecule has 0 amide bonds. The molecule has 0 spiro atoms. The van der Waals surface area contributed by atoms with Gasteiger partial charge in [-0.05, 0) is 0 Å². The van der Waals surface area contributed by atoms with E-state index in [2.05, 4.69) is 0 Å². The van der Waals surface area contributed by atoms with E-state index in [0.717, 1.165) is 21.2 Å². The van der Waals surface area contributed by atoms with Gasteiger partial charge in [0.05, 0.1) is 12.5 Å². The van der Waals surface area contributed by atoms with Gasteiger partial charge in [-0.2, -0.15) is 0 Å². The molecule has 4 aromatic carbocycles. The van der Waals surface area contributed by atoms with Crippen molar-refractivity contribution in [2.75, 3.05) is 0 Å². The van der Waals surface area contributed by atoms with Crippen molar-refractivity contribution >= 4 is 44.7 Å². The van der Waals surface area contributed by atoms with E-state index in [1.807, 2.05) is 121 Å². The summed E-state index contributed by atoms with van der Waals surface area (Å²) in [7, 11) is 0. The Morgan fingerprint density at radius 1 is 0.379 bits per heavy atom. The predicted molar refractivity (Wildman–Crippen MR) is 131 cm³/mol. The van der Waals surface area contributed by atoms with Crippen LogP contribution < -0.4 is 21.2 Å². The van der Waals surface area contributed by atoms with Gasteiger partial charge in [0.15, 0.2) is 0 Å². The Labute approximate surface area is 176 Å². The van der Waals surface area contributed by atoms with Crippen molar-refractivity contribution in [3.05, 3.63) is 121 Å². The maximum absolute atomic E-state index is 9.74. The van der Waals surface area contributed by atoms with Gasteiger partial charge < -0.3 is 0 Å². The fourth-order valence-corrected chi connectivity index (χ4v) is 17.3. The molecule has 2 N–H and O–H groups in total. The minimum absolute atomic E-state index is 1.000. The molecule has 0 unspecified atom stereocenters. The Morgan fingerprint density at radius 3 is 0.793 bits per heavy atom. The molecule has 29 heavy (non-hydrogen) atoms. The van der Waals surface area contributed by atoms with E-state index >= 15 is 0 Å². The van der Waals surface area contributed by atoms with Gasteiger partial charge in [0.1, 0.15) is 0 Å². The van der Waals surface area contributed by atoms with Gasteiger partial charge in [-0.25, -0.2) is 0 Å². The Kier molecular flexibility index (Phi) is 5.92. The second-order valence-corrected chi connectivity index (χ2v) is 16.6. The minimum Gasteiger partial charge on any atom is -0.299 e. The van der Waals surface area contributed by atoms with Crippen LogP contribution in [0.3, 0.4) is 0 Å². The highest BCUT2D eigenvalue weighted by Crippen LogP contribution is 2.75. The third kappa shape index (κ3) is 4.05. The Morgan fingerprint density at radius 2 is 0.586 bits per heavy atom. The number of benzene rings is 4. The predicted octanol–water partition coefficient (Wildman–Crippen LogP) is 6.41. The summed E-state index contributed by atoms with van der Waals surface area (Å²) in [4.78, 5) is 0. The molecule has 0 saturated heterocycles. The lowest BCUT2D eigenvalue weighted by Gasteiger charge is -2.31. The highest BCUT2D eigenvalue weighted by Gasteiger charge is 2.34. The quantitative estimate of drug-likeness (QED) is 0.340. The van der Waals surface area contributed by atoms with Crippen molar-refractivity contribution in [2.24, 2.45) is 0 Å². The molecule has 2 nitrogen and oxygen atoms in total. The maximum atomic E-state index is 9.74. The standard InChI is InChI=1S/C24H22N2P2S/c25-27(21-13-5-1-6-14-21,22-15-7-2-8-16-22)29-28(26,23-17-9-3-10-18-23)24-19-11-4-12-20-24/h1-20,25-26H. The maximum Gasteiger partial charge on any atom is 0.0806 e. The smallest absolute Gasteiger partial charge is 0.0806 e. The van der Waals surface area contributed by atoms with Crippen LogP contribution in [0.5, 0.6) is 0 Å². The lowest BCUT2D eigenvalue weighted by atomic mass is 10.4. The molecule has 0 radical (unpaired) electrons. The van der Waals surface area contributed by atoms with E-state index in [9.17, 15) is 10.3 Å². The van der Waals surface area contributed by atoms with Crippen LogP contribution in [-0.2, 0) is 0 Å². The summed E-state index contributed by atoms with van der Waals surface area (Å²) in [6.07, 6.45) is -5.20. The number of hydrogen-bond acceptors (Lipinski definition) is 3. The summed E-state index contributed by atoms with van der Waals surface area (Å²) in [6.45, 7) is 0. The summed E-state index contributed by atoms with van der Waals surface area (Å²) >= 11 is 1.56. The van der Waals surface area contributed by atoms with E-state index in [-0.39, 0.29) is 0 Å². The Hall–Kier alpha value is -2.31. The summed E-state index contributed by atoms with van der Waals surface area (Å²) < 4.78 is 0. The first-order valence-corrected chi connectivity index (χ1v) is 15.0. The van der Waals surface area contributed by atoms with Gasteiger partial charge >= 0.3 is 0 Å². The van der Waals surface area contributed by atoms with Crippen LogP contribution in [0.15, 0.2) is 121 Å². The zero-order valence-electron chi connectivity index (χ0n) is 15.8. The zero-order chi connectivity index (χ0) is 20.2. The number of nitrogens with one attached hydrogen (secondary N) is 2. The van der Waals surface area contributed by atoms with Gasteiger partial charge in [-0.1, -0.05) is 132 Å². The molecule has 5 heteroatoms. The summed E-state index contributed by atoms with van der Waals surface area (Å²) in [5, 5.41) is 23.5. The largest absolute Gasteiger partial charge is 0.299 e. The van der Waals surface area contributed by atoms with Crippen LogP contribution in [0.25, 0.3) is 0 Å². The van der Waals surface area contributed by atoms with Gasteiger partial charge in [0, 0.05) is 21.2 Å². The average Bonchev–Trinajstić information content (AvgIpc) is 2.81. The normalized spacial score (nSPS) is 11.9. The topological polar surface area (TPSA) is 47.7 Å². The van der Waals surface area contributed by atoms with Gasteiger partial charge in [0.2, 0.25) is 0 Å². The molecule has 4 aromatic rings. The fourth-order valence-electron chi connectivity index (χ4n) is 3.22. The lowest BCUT2D eigenvalue weighted by molar-refractivity contribution is 1.61. The van der Waals surface area contributed by atoms with Crippen molar-refractivity contribution < 1.29 is 0 Å².